The van der Waals surface area contributed by atoms with Crippen molar-refractivity contribution in [3.8, 4) is 5.75 Å². The number of amides is 5. The van der Waals surface area contributed by atoms with Gasteiger partial charge in [0.2, 0.25) is 0 Å². The fourth-order valence-corrected chi connectivity index (χ4v) is 4.46. The van der Waals surface area contributed by atoms with E-state index in [1.54, 1.807) is 24.3 Å². The van der Waals surface area contributed by atoms with Crippen LogP contribution in [0.15, 0.2) is 60.2 Å². The summed E-state index contributed by atoms with van der Waals surface area (Å²) in [5.74, 6) is -2.31. The molecule has 2 N–H and O–H groups in total. The summed E-state index contributed by atoms with van der Waals surface area (Å²) in [7, 11) is 0. The fraction of sp³-hybridized carbons (Fsp3) is 0.0400. The number of ether oxygens (including phenoxy) is 1. The largest absolute Gasteiger partial charge is 0.481 e. The van der Waals surface area contributed by atoms with Crippen molar-refractivity contribution >= 4 is 99.2 Å². The van der Waals surface area contributed by atoms with Crippen LogP contribution in [0.4, 0.5) is 16.2 Å². The number of barbiturate groups is 1. The highest BCUT2D eigenvalue weighted by molar-refractivity contribution is 6.43. The van der Waals surface area contributed by atoms with Crippen LogP contribution in [-0.4, -0.2) is 30.4 Å². The maximum Gasteiger partial charge on any atom is 0.335 e. The number of carbonyl (C=O) groups excluding carboxylic acids is 4. The minimum absolute atomic E-state index is 0.0102. The normalized spacial score (nSPS) is 14.5. The molecule has 0 radical (unpaired) electrons. The molecule has 0 unspecified atom stereocenters. The number of urea groups is 1. The second-order valence-corrected chi connectivity index (χ2v) is 9.72. The summed E-state index contributed by atoms with van der Waals surface area (Å²) in [4.78, 5) is 51.0. The van der Waals surface area contributed by atoms with Gasteiger partial charge in [0, 0.05) is 0 Å². The minimum atomic E-state index is -0.953. The number of halogens is 5. The average molecular weight is 614 g/mol. The highest BCUT2D eigenvalue weighted by Gasteiger charge is 2.37. The lowest BCUT2D eigenvalue weighted by Gasteiger charge is -2.26. The van der Waals surface area contributed by atoms with Crippen molar-refractivity contribution in [2.75, 3.05) is 16.8 Å². The number of hydrogen-bond acceptors (Lipinski definition) is 5. The molecule has 194 valence electrons. The number of imide groups is 2. The molecule has 0 aromatic heterocycles. The van der Waals surface area contributed by atoms with E-state index >= 15 is 0 Å². The van der Waals surface area contributed by atoms with Crippen LogP contribution in [0.1, 0.15) is 5.56 Å². The average Bonchev–Trinajstić information content (AvgIpc) is 2.85. The van der Waals surface area contributed by atoms with E-state index < -0.39 is 30.4 Å². The van der Waals surface area contributed by atoms with E-state index in [4.69, 9.17) is 62.7 Å². The zero-order valence-corrected chi connectivity index (χ0v) is 22.6. The van der Waals surface area contributed by atoms with Crippen molar-refractivity contribution in [3.05, 3.63) is 90.8 Å². The Kier molecular flexibility index (Phi) is 8.50. The van der Waals surface area contributed by atoms with E-state index in [1.165, 1.54) is 36.4 Å². The maximum atomic E-state index is 13.1. The molecule has 4 rings (SSSR count). The molecular weight excluding hydrogens is 600 g/mol. The predicted molar refractivity (Wildman–Crippen MR) is 148 cm³/mol. The summed E-state index contributed by atoms with van der Waals surface area (Å²) in [6, 6.07) is 12.6. The van der Waals surface area contributed by atoms with Crippen LogP contribution >= 0.6 is 58.0 Å². The number of benzene rings is 3. The molecule has 5 amide bonds. The first kappa shape index (κ1) is 27.8. The van der Waals surface area contributed by atoms with Crippen LogP contribution in [0.5, 0.6) is 5.75 Å². The Morgan fingerprint density at radius 2 is 1.55 bits per heavy atom. The van der Waals surface area contributed by atoms with E-state index in [9.17, 15) is 19.2 Å². The van der Waals surface area contributed by atoms with Crippen LogP contribution in [0, 0.1) is 0 Å². The summed E-state index contributed by atoms with van der Waals surface area (Å²) in [5, 5.41) is 5.41. The first-order valence-electron chi connectivity index (χ1n) is 10.6. The third-order valence-corrected chi connectivity index (χ3v) is 6.72. The molecule has 0 atom stereocenters. The zero-order valence-electron chi connectivity index (χ0n) is 18.9. The molecule has 0 bridgehead atoms. The monoisotopic (exact) mass is 611 g/mol. The van der Waals surface area contributed by atoms with Gasteiger partial charge < -0.3 is 10.1 Å². The topological polar surface area (TPSA) is 105 Å². The number of nitrogens with zero attached hydrogens (tertiary/aromatic N) is 1. The standard InChI is InChI=1S/C25H14Cl5N3O5/c26-15-6-5-13(10-17(15)28)33-24(36)14(23(35)32-25(33)37)7-12-8-18(29)22(19(30)9-12)38-11-21(34)31-20-4-2-1-3-16(20)27/h1-10H,11H2,(H,31,34)(H,32,35,37)/b14-7-. The van der Waals surface area contributed by atoms with Crippen molar-refractivity contribution < 1.29 is 23.9 Å². The number of nitrogens with one attached hydrogen (secondary N) is 2. The number of carbonyl (C=O) groups is 4. The number of para-hydroxylation sites is 1. The summed E-state index contributed by atoms with van der Waals surface area (Å²) < 4.78 is 5.48. The number of hydrogen-bond donors (Lipinski definition) is 2. The van der Waals surface area contributed by atoms with Gasteiger partial charge in [-0.3, -0.25) is 19.7 Å². The molecule has 13 heteroatoms. The van der Waals surface area contributed by atoms with Gasteiger partial charge >= 0.3 is 6.03 Å². The summed E-state index contributed by atoms with van der Waals surface area (Å²) in [6.45, 7) is -0.424. The fourth-order valence-electron chi connectivity index (χ4n) is 3.37. The van der Waals surface area contributed by atoms with E-state index in [0.29, 0.717) is 10.7 Å². The predicted octanol–water partition coefficient (Wildman–Crippen LogP) is 6.64. The van der Waals surface area contributed by atoms with Gasteiger partial charge in [-0.25, -0.2) is 9.69 Å². The molecule has 8 nitrogen and oxygen atoms in total. The Hall–Kier alpha value is -3.27. The van der Waals surface area contributed by atoms with Crippen LogP contribution in [-0.2, 0) is 14.4 Å². The molecule has 0 saturated carbocycles. The van der Waals surface area contributed by atoms with Gasteiger partial charge in [0.05, 0.1) is 36.5 Å². The molecule has 3 aromatic rings. The summed E-state index contributed by atoms with van der Waals surface area (Å²) in [5.41, 5.74) is 0.409. The highest BCUT2D eigenvalue weighted by atomic mass is 35.5. The van der Waals surface area contributed by atoms with E-state index in [1.807, 2.05) is 0 Å². The Morgan fingerprint density at radius 1 is 0.868 bits per heavy atom. The van der Waals surface area contributed by atoms with Gasteiger partial charge in [-0.1, -0.05) is 70.1 Å². The Labute approximate surface area is 241 Å². The number of anilines is 2. The third kappa shape index (κ3) is 6.06. The van der Waals surface area contributed by atoms with Crippen LogP contribution in [0.25, 0.3) is 6.08 Å². The van der Waals surface area contributed by atoms with Crippen LogP contribution in [0.2, 0.25) is 25.1 Å². The second kappa shape index (κ2) is 11.6. The molecule has 1 aliphatic rings. The van der Waals surface area contributed by atoms with Crippen LogP contribution < -0.4 is 20.3 Å². The zero-order chi connectivity index (χ0) is 27.6. The summed E-state index contributed by atoms with van der Waals surface area (Å²) >= 11 is 30.6. The molecule has 0 spiro atoms. The quantitative estimate of drug-likeness (QED) is 0.240. The Balaban J connectivity index is 1.54. The minimum Gasteiger partial charge on any atom is -0.481 e. The molecule has 1 heterocycles. The van der Waals surface area contributed by atoms with Crippen molar-refractivity contribution in [2.45, 2.75) is 0 Å². The van der Waals surface area contributed by atoms with Gasteiger partial charge in [-0.2, -0.15) is 0 Å². The van der Waals surface area contributed by atoms with Gasteiger partial charge in [0.15, 0.2) is 12.4 Å². The smallest absolute Gasteiger partial charge is 0.335 e. The third-order valence-electron chi connectivity index (χ3n) is 5.09. The van der Waals surface area contributed by atoms with Gasteiger partial charge in [-0.15, -0.1) is 0 Å². The molecule has 38 heavy (non-hydrogen) atoms. The molecule has 1 fully saturated rings. The lowest BCUT2D eigenvalue weighted by molar-refractivity contribution is -0.122. The maximum absolute atomic E-state index is 13.1. The lowest BCUT2D eigenvalue weighted by atomic mass is 10.1. The number of rotatable bonds is 6. The lowest BCUT2D eigenvalue weighted by Crippen LogP contribution is -2.54. The molecule has 3 aromatic carbocycles. The van der Waals surface area contributed by atoms with Crippen molar-refractivity contribution in [1.82, 2.24) is 5.32 Å². The van der Waals surface area contributed by atoms with Crippen molar-refractivity contribution in [1.29, 1.82) is 0 Å². The molecule has 0 aliphatic carbocycles. The molecule has 1 aliphatic heterocycles. The van der Waals surface area contributed by atoms with Gasteiger partial charge in [-0.05, 0) is 54.1 Å². The highest BCUT2D eigenvalue weighted by Crippen LogP contribution is 2.36. The molecule has 1 saturated heterocycles. The van der Waals surface area contributed by atoms with E-state index in [2.05, 4.69) is 10.6 Å². The van der Waals surface area contributed by atoms with Crippen molar-refractivity contribution in [3.63, 3.8) is 0 Å². The molecular formula is C25H14Cl5N3O5. The first-order valence-corrected chi connectivity index (χ1v) is 12.5. The SMILES string of the molecule is O=C(COc1c(Cl)cc(/C=C2/C(=O)NC(=O)N(c3ccc(Cl)c(Cl)c3)C2=O)cc1Cl)Nc1ccccc1Cl. The van der Waals surface area contributed by atoms with Crippen LogP contribution in [0.3, 0.4) is 0 Å². The van der Waals surface area contributed by atoms with E-state index in [0.717, 1.165) is 4.90 Å². The summed E-state index contributed by atoms with van der Waals surface area (Å²) in [6.07, 6.45) is 1.21. The Morgan fingerprint density at radius 3 is 2.21 bits per heavy atom. The van der Waals surface area contributed by atoms with Gasteiger partial charge in [0.25, 0.3) is 17.7 Å². The van der Waals surface area contributed by atoms with Gasteiger partial charge in [0.1, 0.15) is 5.57 Å². The van der Waals surface area contributed by atoms with E-state index in [-0.39, 0.29) is 42.7 Å². The second-order valence-electron chi connectivity index (χ2n) is 7.69. The van der Waals surface area contributed by atoms with Crippen molar-refractivity contribution in [2.24, 2.45) is 0 Å². The first-order chi connectivity index (χ1) is 18.0. The Bertz CT molecular complexity index is 1500.